The van der Waals surface area contributed by atoms with Crippen LogP contribution in [0, 0.1) is 29.0 Å². The largest absolute Gasteiger partial charge is 0.316 e. The molecule has 21 heavy (non-hydrogen) atoms. The summed E-state index contributed by atoms with van der Waals surface area (Å²) in [4.78, 5) is 0. The summed E-state index contributed by atoms with van der Waals surface area (Å²) in [6, 6.07) is 4.95. The fourth-order valence-corrected chi connectivity index (χ4v) is 4.26. The smallest absolute Gasteiger partial charge is 0.126 e. The number of benzene rings is 1. The molecule has 0 bridgehead atoms. The Labute approximate surface area is 132 Å². The van der Waals surface area contributed by atoms with Gasteiger partial charge in [-0.3, -0.25) is 0 Å². The Balaban J connectivity index is 1.72. The third-order valence-electron chi connectivity index (χ3n) is 5.09. The van der Waals surface area contributed by atoms with Gasteiger partial charge in [-0.25, -0.2) is 4.39 Å². The second-order valence-electron chi connectivity index (χ2n) is 7.60. The molecular weight excluding hydrogens is 285 g/mol. The van der Waals surface area contributed by atoms with Gasteiger partial charge in [0, 0.05) is 11.6 Å². The third-order valence-corrected chi connectivity index (χ3v) is 5.32. The van der Waals surface area contributed by atoms with Gasteiger partial charge in [0.2, 0.25) is 0 Å². The van der Waals surface area contributed by atoms with E-state index in [9.17, 15) is 4.39 Å². The maximum atomic E-state index is 14.1. The molecular formula is C18H25ClFN. The predicted molar refractivity (Wildman–Crippen MR) is 86.1 cm³/mol. The Bertz CT molecular complexity index is 504. The predicted octanol–water partition coefficient (Wildman–Crippen LogP) is 4.68. The van der Waals surface area contributed by atoms with Crippen LogP contribution < -0.4 is 5.32 Å². The quantitative estimate of drug-likeness (QED) is 0.804. The minimum atomic E-state index is -0.108. The topological polar surface area (TPSA) is 12.0 Å². The highest BCUT2D eigenvalue weighted by molar-refractivity contribution is 6.30. The first-order valence-corrected chi connectivity index (χ1v) is 8.50. The molecule has 2 fully saturated rings. The molecule has 0 aromatic heterocycles. The molecule has 2 unspecified atom stereocenters. The number of hydrogen-bond donors (Lipinski definition) is 1. The van der Waals surface area contributed by atoms with Crippen molar-refractivity contribution in [3.8, 4) is 0 Å². The number of halogens is 2. The molecule has 3 rings (SSSR count). The first kappa shape index (κ1) is 15.3. The lowest BCUT2D eigenvalue weighted by Crippen LogP contribution is -2.37. The van der Waals surface area contributed by atoms with Crippen molar-refractivity contribution in [3.05, 3.63) is 34.6 Å². The molecule has 2 aliphatic rings. The monoisotopic (exact) mass is 309 g/mol. The zero-order chi connectivity index (χ0) is 15.0. The van der Waals surface area contributed by atoms with Gasteiger partial charge in [0.15, 0.2) is 0 Å². The van der Waals surface area contributed by atoms with E-state index in [-0.39, 0.29) is 11.2 Å². The summed E-state index contributed by atoms with van der Waals surface area (Å²) in [5.41, 5.74) is 1.02. The van der Waals surface area contributed by atoms with Crippen LogP contribution in [0.1, 0.15) is 38.7 Å². The molecule has 1 aromatic rings. The van der Waals surface area contributed by atoms with Crippen LogP contribution in [0.4, 0.5) is 4.39 Å². The van der Waals surface area contributed by atoms with E-state index in [0.717, 1.165) is 36.9 Å². The molecule has 2 saturated carbocycles. The molecule has 0 saturated heterocycles. The number of rotatable bonds is 6. The van der Waals surface area contributed by atoms with E-state index in [0.29, 0.717) is 10.9 Å². The van der Waals surface area contributed by atoms with Crippen LogP contribution in [0.2, 0.25) is 5.02 Å². The van der Waals surface area contributed by atoms with Gasteiger partial charge in [-0.1, -0.05) is 25.4 Å². The first-order valence-electron chi connectivity index (χ1n) is 8.12. The zero-order valence-corrected chi connectivity index (χ0v) is 13.7. The van der Waals surface area contributed by atoms with Crippen LogP contribution in [0.5, 0.6) is 0 Å². The molecule has 2 aliphatic carbocycles. The standard InChI is InChI=1S/C18H25ClFN/c1-12(2)10-21-11-18(7-13-5-14(13)8-18)9-15-6-16(19)3-4-17(15)20/h3-4,6,12-14,21H,5,7-11H2,1-2H3. The normalized spacial score (nSPS) is 30.7. The van der Waals surface area contributed by atoms with Crippen molar-refractivity contribution in [2.24, 2.45) is 23.2 Å². The number of fused-ring (bicyclic) bond motifs is 1. The van der Waals surface area contributed by atoms with Gasteiger partial charge in [-0.2, -0.15) is 0 Å². The minimum Gasteiger partial charge on any atom is -0.316 e. The molecule has 0 aliphatic heterocycles. The van der Waals surface area contributed by atoms with Crippen molar-refractivity contribution in [1.29, 1.82) is 0 Å². The molecule has 1 nitrogen and oxygen atoms in total. The SMILES string of the molecule is CC(C)CNCC1(Cc2cc(Cl)ccc2F)CC2CC2C1. The number of hydrogen-bond acceptors (Lipinski definition) is 1. The van der Waals surface area contributed by atoms with Gasteiger partial charge in [0.25, 0.3) is 0 Å². The van der Waals surface area contributed by atoms with E-state index in [4.69, 9.17) is 11.6 Å². The molecule has 116 valence electrons. The van der Waals surface area contributed by atoms with Crippen LogP contribution in [-0.2, 0) is 6.42 Å². The van der Waals surface area contributed by atoms with Gasteiger partial charge in [0.1, 0.15) is 5.82 Å². The van der Waals surface area contributed by atoms with Crippen LogP contribution >= 0.6 is 11.6 Å². The second-order valence-corrected chi connectivity index (χ2v) is 8.04. The Morgan fingerprint density at radius 2 is 2.05 bits per heavy atom. The summed E-state index contributed by atoms with van der Waals surface area (Å²) >= 11 is 6.05. The Morgan fingerprint density at radius 3 is 2.71 bits per heavy atom. The molecule has 0 spiro atoms. The summed E-state index contributed by atoms with van der Waals surface area (Å²) in [7, 11) is 0. The van der Waals surface area contributed by atoms with Crippen LogP contribution in [-0.4, -0.2) is 13.1 Å². The maximum absolute atomic E-state index is 14.1. The Morgan fingerprint density at radius 1 is 1.33 bits per heavy atom. The van der Waals surface area contributed by atoms with Crippen molar-refractivity contribution in [1.82, 2.24) is 5.32 Å². The van der Waals surface area contributed by atoms with Gasteiger partial charge in [0.05, 0.1) is 0 Å². The lowest BCUT2D eigenvalue weighted by molar-refractivity contribution is 0.242. The average Bonchev–Trinajstić information content (AvgIpc) is 3.02. The van der Waals surface area contributed by atoms with Crippen molar-refractivity contribution < 1.29 is 4.39 Å². The van der Waals surface area contributed by atoms with Crippen molar-refractivity contribution in [2.45, 2.75) is 39.5 Å². The van der Waals surface area contributed by atoms with E-state index in [1.54, 1.807) is 6.07 Å². The van der Waals surface area contributed by atoms with Gasteiger partial charge in [-0.15, -0.1) is 0 Å². The third kappa shape index (κ3) is 3.60. The molecule has 0 radical (unpaired) electrons. The minimum absolute atomic E-state index is 0.108. The van der Waals surface area contributed by atoms with E-state index >= 15 is 0 Å². The highest BCUT2D eigenvalue weighted by Gasteiger charge is 2.53. The Hall–Kier alpha value is -0.600. The lowest BCUT2D eigenvalue weighted by Gasteiger charge is -2.32. The molecule has 1 N–H and O–H groups in total. The highest BCUT2D eigenvalue weighted by atomic mass is 35.5. The fraction of sp³-hybridized carbons (Fsp3) is 0.667. The van der Waals surface area contributed by atoms with Gasteiger partial charge < -0.3 is 5.32 Å². The van der Waals surface area contributed by atoms with Crippen LogP contribution in [0.15, 0.2) is 18.2 Å². The maximum Gasteiger partial charge on any atom is 0.126 e. The van der Waals surface area contributed by atoms with Crippen molar-refractivity contribution in [2.75, 3.05) is 13.1 Å². The van der Waals surface area contributed by atoms with E-state index in [1.165, 1.54) is 25.3 Å². The van der Waals surface area contributed by atoms with Gasteiger partial charge >= 0.3 is 0 Å². The molecule has 3 heteroatoms. The van der Waals surface area contributed by atoms with Crippen LogP contribution in [0.3, 0.4) is 0 Å². The second kappa shape index (κ2) is 5.89. The van der Waals surface area contributed by atoms with Crippen molar-refractivity contribution in [3.63, 3.8) is 0 Å². The first-order chi connectivity index (χ1) is 9.97. The summed E-state index contributed by atoms with van der Waals surface area (Å²) in [6.45, 7) is 6.49. The lowest BCUT2D eigenvalue weighted by atomic mass is 9.77. The summed E-state index contributed by atoms with van der Waals surface area (Å²) in [5.74, 6) is 2.34. The van der Waals surface area contributed by atoms with Crippen LogP contribution in [0.25, 0.3) is 0 Å². The fourth-order valence-electron chi connectivity index (χ4n) is 4.07. The molecule has 1 aromatic carbocycles. The van der Waals surface area contributed by atoms with E-state index < -0.39 is 0 Å². The van der Waals surface area contributed by atoms with E-state index in [2.05, 4.69) is 19.2 Å². The molecule has 0 heterocycles. The van der Waals surface area contributed by atoms with E-state index in [1.807, 2.05) is 6.07 Å². The summed E-state index contributed by atoms with van der Waals surface area (Å²) in [5, 5.41) is 4.25. The highest BCUT2D eigenvalue weighted by Crippen LogP contribution is 2.60. The molecule has 2 atom stereocenters. The average molecular weight is 310 g/mol. The zero-order valence-electron chi connectivity index (χ0n) is 13.0. The molecule has 0 amide bonds. The van der Waals surface area contributed by atoms with Crippen molar-refractivity contribution >= 4 is 11.6 Å². The van der Waals surface area contributed by atoms with Gasteiger partial charge in [-0.05, 0) is 79.2 Å². The Kier molecular flexibility index (Phi) is 4.29. The number of nitrogens with one attached hydrogen (secondary N) is 1. The summed E-state index contributed by atoms with van der Waals surface area (Å²) < 4.78 is 14.1. The summed E-state index contributed by atoms with van der Waals surface area (Å²) in [6.07, 6.45) is 4.70.